The van der Waals surface area contributed by atoms with Gasteiger partial charge in [-0.15, -0.1) is 11.3 Å². The van der Waals surface area contributed by atoms with Crippen molar-refractivity contribution in [1.82, 2.24) is 4.57 Å². The van der Waals surface area contributed by atoms with E-state index in [1.54, 1.807) is 0 Å². The first kappa shape index (κ1) is 16.8. The van der Waals surface area contributed by atoms with E-state index in [1.807, 2.05) is 11.3 Å². The van der Waals surface area contributed by atoms with Crippen molar-refractivity contribution in [2.24, 2.45) is 0 Å². The smallest absolute Gasteiger partial charge is 0.0541 e. The Kier molecular flexibility index (Phi) is 3.08. The molecule has 2 heteroatoms. The Morgan fingerprint density at radius 3 is 1.66 bits per heavy atom. The van der Waals surface area contributed by atoms with E-state index in [1.165, 1.54) is 69.2 Å². The summed E-state index contributed by atoms with van der Waals surface area (Å²) in [5, 5.41) is 10.8. The van der Waals surface area contributed by atoms with Crippen molar-refractivity contribution < 1.29 is 0 Å². The molecule has 0 unspecified atom stereocenters. The summed E-state index contributed by atoms with van der Waals surface area (Å²) in [7, 11) is 0. The highest BCUT2D eigenvalue weighted by Gasteiger charge is 2.17. The van der Waals surface area contributed by atoms with Crippen LogP contribution in [0.5, 0.6) is 0 Å². The van der Waals surface area contributed by atoms with Crippen LogP contribution in [0.15, 0.2) is 103 Å². The van der Waals surface area contributed by atoms with Crippen LogP contribution in [0.3, 0.4) is 0 Å². The Morgan fingerprint density at radius 2 is 1.00 bits per heavy atom. The molecule has 2 aromatic heterocycles. The standard InChI is InChI=1S/C30H17NS/c1-3-11-25-20(7-1)21-8-2-4-12-26(21)31(25)18-15-16-19-22-9-5-13-27-29(22)30-23(24(19)17-18)10-6-14-28(30)32-27/h1-17H. The maximum Gasteiger partial charge on any atom is 0.0541 e. The molecule has 32 heavy (non-hydrogen) atoms. The van der Waals surface area contributed by atoms with E-state index in [-0.39, 0.29) is 0 Å². The van der Waals surface area contributed by atoms with Crippen LogP contribution < -0.4 is 0 Å². The van der Waals surface area contributed by atoms with Gasteiger partial charge in [-0.1, -0.05) is 66.7 Å². The molecule has 148 valence electrons. The number of rotatable bonds is 1. The van der Waals surface area contributed by atoms with Crippen LogP contribution in [-0.4, -0.2) is 4.57 Å². The van der Waals surface area contributed by atoms with Crippen LogP contribution in [0.4, 0.5) is 0 Å². The molecule has 8 aromatic rings. The van der Waals surface area contributed by atoms with Crippen molar-refractivity contribution in [3.05, 3.63) is 103 Å². The van der Waals surface area contributed by atoms with Crippen molar-refractivity contribution in [3.63, 3.8) is 0 Å². The van der Waals surface area contributed by atoms with Crippen LogP contribution in [0.1, 0.15) is 0 Å². The molecule has 0 saturated heterocycles. The highest BCUT2D eigenvalue weighted by molar-refractivity contribution is 7.26. The SMILES string of the molecule is c1cc2sc3cccc4c5cc(-n6c7ccccc7c7ccccc76)ccc5c(c1)c2c34. The predicted octanol–water partition coefficient (Wildman–Crippen LogP) is 8.90. The zero-order valence-corrected chi connectivity index (χ0v) is 18.0. The lowest BCUT2D eigenvalue weighted by Gasteiger charge is -2.13. The van der Waals surface area contributed by atoms with Crippen LogP contribution in [0.2, 0.25) is 0 Å². The van der Waals surface area contributed by atoms with E-state index in [0.29, 0.717) is 0 Å². The fourth-order valence-corrected chi connectivity index (χ4v) is 6.80. The van der Waals surface area contributed by atoms with Gasteiger partial charge in [-0.2, -0.15) is 0 Å². The molecule has 0 spiro atoms. The molecule has 6 aromatic carbocycles. The highest BCUT2D eigenvalue weighted by atomic mass is 32.1. The van der Waals surface area contributed by atoms with Crippen LogP contribution in [0, 0.1) is 0 Å². The van der Waals surface area contributed by atoms with Crippen molar-refractivity contribution in [2.75, 3.05) is 0 Å². The van der Waals surface area contributed by atoms with Gasteiger partial charge >= 0.3 is 0 Å². The van der Waals surface area contributed by atoms with E-state index < -0.39 is 0 Å². The Morgan fingerprint density at radius 1 is 0.438 bits per heavy atom. The van der Waals surface area contributed by atoms with Gasteiger partial charge in [0.1, 0.15) is 0 Å². The summed E-state index contributed by atoms with van der Waals surface area (Å²) >= 11 is 1.90. The second kappa shape index (κ2) is 5.87. The largest absolute Gasteiger partial charge is 0.309 e. The second-order valence-electron chi connectivity index (χ2n) is 8.56. The van der Waals surface area contributed by atoms with Gasteiger partial charge in [-0.05, 0) is 57.9 Å². The van der Waals surface area contributed by atoms with Gasteiger partial charge in [0.05, 0.1) is 11.0 Å². The first-order chi connectivity index (χ1) is 15.9. The highest BCUT2D eigenvalue weighted by Crippen LogP contribution is 2.45. The maximum atomic E-state index is 2.41. The van der Waals surface area contributed by atoms with Gasteiger partial charge < -0.3 is 4.57 Å². The van der Waals surface area contributed by atoms with Gasteiger partial charge in [-0.3, -0.25) is 0 Å². The first-order valence-electron chi connectivity index (χ1n) is 11.0. The van der Waals surface area contributed by atoms with Crippen molar-refractivity contribution in [3.8, 4) is 5.69 Å². The minimum atomic E-state index is 1.21. The summed E-state index contributed by atoms with van der Waals surface area (Å²) in [6.45, 7) is 0. The van der Waals surface area contributed by atoms with Gasteiger partial charge in [0.15, 0.2) is 0 Å². The maximum absolute atomic E-state index is 2.41. The number of thiophene rings is 1. The molecule has 0 aliphatic carbocycles. The molecule has 0 aliphatic heterocycles. The lowest BCUT2D eigenvalue weighted by atomic mass is 9.94. The topological polar surface area (TPSA) is 4.93 Å². The van der Waals surface area contributed by atoms with E-state index in [4.69, 9.17) is 0 Å². The van der Waals surface area contributed by atoms with E-state index in [2.05, 4.69) is 108 Å². The fraction of sp³-hybridized carbons (Fsp3) is 0. The molecular formula is C30H17NS. The molecule has 0 atom stereocenters. The first-order valence-corrected chi connectivity index (χ1v) is 11.8. The third-order valence-electron chi connectivity index (χ3n) is 6.94. The number of fused-ring (bicyclic) bond motifs is 6. The van der Waals surface area contributed by atoms with Gasteiger partial charge in [0.25, 0.3) is 0 Å². The normalized spacial score (nSPS) is 12.4. The van der Waals surface area contributed by atoms with Gasteiger partial charge in [-0.25, -0.2) is 0 Å². The molecule has 0 radical (unpaired) electrons. The van der Waals surface area contributed by atoms with E-state index in [0.717, 1.165) is 0 Å². The number of nitrogens with zero attached hydrogens (tertiary/aromatic N) is 1. The predicted molar refractivity (Wildman–Crippen MR) is 140 cm³/mol. The Labute approximate surface area is 188 Å². The molecular weight excluding hydrogens is 406 g/mol. The number of hydrogen-bond acceptors (Lipinski definition) is 1. The fourth-order valence-electron chi connectivity index (χ4n) is 5.65. The van der Waals surface area contributed by atoms with E-state index >= 15 is 0 Å². The molecule has 0 aliphatic rings. The zero-order valence-electron chi connectivity index (χ0n) is 17.2. The summed E-state index contributed by atoms with van der Waals surface area (Å²) in [6.07, 6.45) is 0. The van der Waals surface area contributed by atoms with Crippen molar-refractivity contribution >= 4 is 74.9 Å². The molecule has 1 nitrogen and oxygen atoms in total. The molecule has 2 heterocycles. The summed E-state index contributed by atoms with van der Waals surface area (Å²) in [5.41, 5.74) is 3.71. The van der Waals surface area contributed by atoms with Crippen molar-refractivity contribution in [1.29, 1.82) is 0 Å². The third kappa shape index (κ3) is 1.99. The Hall–Kier alpha value is -3.88. The number of benzene rings is 6. The number of hydrogen-bond donors (Lipinski definition) is 0. The lowest BCUT2D eigenvalue weighted by molar-refractivity contribution is 1.19. The monoisotopic (exact) mass is 423 g/mol. The second-order valence-corrected chi connectivity index (χ2v) is 9.64. The molecule has 0 N–H and O–H groups in total. The average molecular weight is 424 g/mol. The van der Waals surface area contributed by atoms with Gasteiger partial charge in [0, 0.05) is 36.6 Å². The zero-order chi connectivity index (χ0) is 20.8. The molecule has 8 rings (SSSR count). The Bertz CT molecular complexity index is 1930. The minimum absolute atomic E-state index is 1.21. The molecule has 0 bridgehead atoms. The van der Waals surface area contributed by atoms with E-state index in [9.17, 15) is 0 Å². The minimum Gasteiger partial charge on any atom is -0.309 e. The number of aromatic nitrogens is 1. The summed E-state index contributed by atoms with van der Waals surface area (Å²) < 4.78 is 5.16. The lowest BCUT2D eigenvalue weighted by Crippen LogP contribution is -1.94. The summed E-state index contributed by atoms with van der Waals surface area (Å²) in [4.78, 5) is 0. The van der Waals surface area contributed by atoms with Crippen LogP contribution in [-0.2, 0) is 0 Å². The molecule has 0 fully saturated rings. The molecule has 0 amide bonds. The summed E-state index contributed by atoms with van der Waals surface area (Å²) in [5.74, 6) is 0. The van der Waals surface area contributed by atoms with Crippen LogP contribution >= 0.6 is 11.3 Å². The molecule has 0 saturated carbocycles. The quantitative estimate of drug-likeness (QED) is 0.232. The van der Waals surface area contributed by atoms with Crippen molar-refractivity contribution in [2.45, 2.75) is 0 Å². The third-order valence-corrected chi connectivity index (χ3v) is 8.06. The number of para-hydroxylation sites is 2. The van der Waals surface area contributed by atoms with Gasteiger partial charge in [0.2, 0.25) is 0 Å². The Balaban J connectivity index is 1.57. The summed E-state index contributed by atoms with van der Waals surface area (Å²) in [6, 6.07) is 37.9. The average Bonchev–Trinajstić information content (AvgIpc) is 3.40. The van der Waals surface area contributed by atoms with Crippen LogP contribution in [0.25, 0.3) is 69.2 Å².